The Kier molecular flexibility index (Phi) is 6.32. The van der Waals surface area contributed by atoms with Gasteiger partial charge in [-0.05, 0) is 42.5 Å². The van der Waals surface area contributed by atoms with E-state index < -0.39 is 14.9 Å². The van der Waals surface area contributed by atoms with Gasteiger partial charge in [-0.3, -0.25) is 24.4 Å². The zero-order valence-electron chi connectivity index (χ0n) is 17.8. The number of carbonyl (C=O) groups is 2. The van der Waals surface area contributed by atoms with Gasteiger partial charge in [-0.1, -0.05) is 6.07 Å². The van der Waals surface area contributed by atoms with Crippen LogP contribution in [-0.4, -0.2) is 61.1 Å². The highest BCUT2D eigenvalue weighted by Gasteiger charge is 2.26. The van der Waals surface area contributed by atoms with Gasteiger partial charge in [0.2, 0.25) is 0 Å². The summed E-state index contributed by atoms with van der Waals surface area (Å²) >= 11 is 0. The van der Waals surface area contributed by atoms with Gasteiger partial charge in [0.15, 0.2) is 5.76 Å². The molecule has 2 amide bonds. The highest BCUT2D eigenvalue weighted by Crippen LogP contribution is 2.21. The molecule has 11 nitrogen and oxygen atoms in total. The molecule has 1 fully saturated rings. The van der Waals surface area contributed by atoms with Gasteiger partial charge in [0, 0.05) is 49.6 Å². The number of piperazine rings is 1. The molecule has 4 rings (SSSR count). The molecule has 3 aromatic rings. The predicted molar refractivity (Wildman–Crippen MR) is 121 cm³/mol. The molecule has 0 unspecified atom stereocenters. The first-order valence-corrected chi connectivity index (χ1v) is 11.7. The standard InChI is InChI=1S/C22H20N4O7S/c27-21(24-10-12-25(13-11-24)22(28)20-5-2-14-33-20)16-6-8-17(9-7-16)23-34(31,32)19-4-1-3-18(15-19)26(29)30/h1-9,14-15,23H,10-13H2. The first kappa shape index (κ1) is 23.0. The summed E-state index contributed by atoms with van der Waals surface area (Å²) in [4.78, 5) is 38.4. The third kappa shape index (κ3) is 4.91. The molecule has 1 aliphatic heterocycles. The normalized spacial score (nSPS) is 14.0. The highest BCUT2D eigenvalue weighted by atomic mass is 32.2. The van der Waals surface area contributed by atoms with Crippen LogP contribution in [-0.2, 0) is 10.0 Å². The fourth-order valence-corrected chi connectivity index (χ4v) is 4.61. The number of nitrogens with one attached hydrogen (secondary N) is 1. The smallest absolute Gasteiger partial charge is 0.289 e. The molecule has 2 aromatic carbocycles. The maximum Gasteiger partial charge on any atom is 0.289 e. The van der Waals surface area contributed by atoms with Gasteiger partial charge >= 0.3 is 0 Å². The molecule has 2 heterocycles. The largest absolute Gasteiger partial charge is 0.459 e. The molecule has 34 heavy (non-hydrogen) atoms. The Bertz CT molecular complexity index is 1310. The number of amides is 2. The number of nitro groups is 1. The number of non-ortho nitro benzene ring substituents is 1. The summed E-state index contributed by atoms with van der Waals surface area (Å²) in [5.74, 6) is -0.210. The average Bonchev–Trinajstić information content (AvgIpc) is 3.39. The van der Waals surface area contributed by atoms with Crippen LogP contribution in [0.25, 0.3) is 0 Å². The van der Waals surface area contributed by atoms with E-state index >= 15 is 0 Å². The van der Waals surface area contributed by atoms with Gasteiger partial charge in [0.25, 0.3) is 27.5 Å². The molecule has 12 heteroatoms. The Morgan fingerprint density at radius 1 is 0.912 bits per heavy atom. The van der Waals surface area contributed by atoms with E-state index in [2.05, 4.69) is 4.72 Å². The number of rotatable bonds is 6. The van der Waals surface area contributed by atoms with E-state index in [-0.39, 0.29) is 33.8 Å². The van der Waals surface area contributed by atoms with Crippen molar-refractivity contribution in [2.45, 2.75) is 4.90 Å². The second-order valence-electron chi connectivity index (χ2n) is 7.50. The number of nitro benzene ring substituents is 1. The molecular weight excluding hydrogens is 464 g/mol. The van der Waals surface area contributed by atoms with Gasteiger partial charge in [0.1, 0.15) is 0 Å². The van der Waals surface area contributed by atoms with Crippen molar-refractivity contribution >= 4 is 33.2 Å². The number of anilines is 1. The van der Waals surface area contributed by atoms with Crippen molar-refractivity contribution < 1.29 is 27.3 Å². The van der Waals surface area contributed by atoms with Crippen molar-refractivity contribution in [2.24, 2.45) is 0 Å². The lowest BCUT2D eigenvalue weighted by Gasteiger charge is -2.34. The van der Waals surface area contributed by atoms with Gasteiger partial charge < -0.3 is 14.2 Å². The average molecular weight is 484 g/mol. The zero-order valence-corrected chi connectivity index (χ0v) is 18.6. The summed E-state index contributed by atoms with van der Waals surface area (Å²) in [5.41, 5.74) is 0.232. The van der Waals surface area contributed by atoms with Gasteiger partial charge in [0.05, 0.1) is 16.1 Å². The van der Waals surface area contributed by atoms with Crippen LogP contribution in [0, 0.1) is 10.1 Å². The quantitative estimate of drug-likeness (QED) is 0.418. The molecule has 1 aliphatic rings. The molecule has 1 N–H and O–H groups in total. The molecule has 0 radical (unpaired) electrons. The molecule has 0 bridgehead atoms. The van der Waals surface area contributed by atoms with E-state index in [1.54, 1.807) is 21.9 Å². The van der Waals surface area contributed by atoms with Crippen LogP contribution < -0.4 is 4.72 Å². The van der Waals surface area contributed by atoms with Gasteiger partial charge in [-0.15, -0.1) is 0 Å². The third-order valence-electron chi connectivity index (χ3n) is 5.31. The van der Waals surface area contributed by atoms with E-state index in [4.69, 9.17) is 4.42 Å². The van der Waals surface area contributed by atoms with E-state index in [0.717, 1.165) is 6.07 Å². The lowest BCUT2D eigenvalue weighted by molar-refractivity contribution is -0.385. The van der Waals surface area contributed by atoms with Crippen molar-refractivity contribution in [3.63, 3.8) is 0 Å². The van der Waals surface area contributed by atoms with Crippen LogP contribution in [0.15, 0.2) is 76.2 Å². The first-order chi connectivity index (χ1) is 16.2. The Labute approximate surface area is 194 Å². The minimum absolute atomic E-state index is 0.205. The van der Waals surface area contributed by atoms with Gasteiger partial charge in [-0.25, -0.2) is 8.42 Å². The summed E-state index contributed by atoms with van der Waals surface area (Å²) in [6, 6.07) is 13.8. The van der Waals surface area contributed by atoms with Crippen LogP contribution in [0.3, 0.4) is 0 Å². The van der Waals surface area contributed by atoms with Crippen molar-refractivity contribution in [2.75, 3.05) is 30.9 Å². The molecule has 0 saturated carbocycles. The molecule has 0 atom stereocenters. The van der Waals surface area contributed by atoms with E-state index in [1.807, 2.05) is 0 Å². The van der Waals surface area contributed by atoms with Crippen LogP contribution in [0.2, 0.25) is 0 Å². The fourth-order valence-electron chi connectivity index (χ4n) is 3.51. The Hall–Kier alpha value is -4.19. The number of sulfonamides is 1. The third-order valence-corrected chi connectivity index (χ3v) is 6.69. The number of carbonyl (C=O) groups excluding carboxylic acids is 2. The highest BCUT2D eigenvalue weighted by molar-refractivity contribution is 7.92. The number of furan rings is 1. The van der Waals surface area contributed by atoms with Crippen LogP contribution >= 0.6 is 0 Å². The first-order valence-electron chi connectivity index (χ1n) is 10.2. The minimum atomic E-state index is -4.05. The topological polar surface area (TPSA) is 143 Å². The molecular formula is C22H20N4O7S. The van der Waals surface area contributed by atoms with Crippen LogP contribution in [0.4, 0.5) is 11.4 Å². The summed E-state index contributed by atoms with van der Waals surface area (Å²) in [7, 11) is -4.05. The summed E-state index contributed by atoms with van der Waals surface area (Å²) in [5, 5.41) is 10.9. The van der Waals surface area contributed by atoms with Gasteiger partial charge in [-0.2, -0.15) is 0 Å². The van der Waals surface area contributed by atoms with E-state index in [1.165, 1.54) is 48.7 Å². The predicted octanol–water partition coefficient (Wildman–Crippen LogP) is 2.59. The molecule has 0 spiro atoms. The lowest BCUT2D eigenvalue weighted by atomic mass is 10.1. The number of nitrogens with zero attached hydrogens (tertiary/aromatic N) is 3. The van der Waals surface area contributed by atoms with E-state index in [0.29, 0.717) is 31.7 Å². The number of hydrogen-bond donors (Lipinski definition) is 1. The maximum atomic E-state index is 12.8. The molecule has 176 valence electrons. The van der Waals surface area contributed by atoms with Crippen molar-refractivity contribution in [3.05, 3.63) is 88.4 Å². The van der Waals surface area contributed by atoms with Crippen molar-refractivity contribution in [1.29, 1.82) is 0 Å². The monoisotopic (exact) mass is 484 g/mol. The molecule has 1 aromatic heterocycles. The number of hydrogen-bond acceptors (Lipinski definition) is 7. The van der Waals surface area contributed by atoms with Crippen LogP contribution in [0.1, 0.15) is 20.9 Å². The lowest BCUT2D eigenvalue weighted by Crippen LogP contribution is -2.50. The maximum absolute atomic E-state index is 12.8. The second kappa shape index (κ2) is 9.35. The molecule has 0 aliphatic carbocycles. The van der Waals surface area contributed by atoms with Crippen LogP contribution in [0.5, 0.6) is 0 Å². The zero-order chi connectivity index (χ0) is 24.3. The fraction of sp³-hybridized carbons (Fsp3) is 0.182. The van der Waals surface area contributed by atoms with Crippen molar-refractivity contribution in [1.82, 2.24) is 9.80 Å². The Morgan fingerprint density at radius 3 is 2.15 bits per heavy atom. The summed E-state index contributed by atoms with van der Waals surface area (Å²) in [6.07, 6.45) is 1.43. The Morgan fingerprint density at radius 2 is 1.56 bits per heavy atom. The minimum Gasteiger partial charge on any atom is -0.459 e. The SMILES string of the molecule is O=C(c1ccc(NS(=O)(=O)c2cccc([N+](=O)[O-])c2)cc1)N1CCN(C(=O)c2ccco2)CC1. The Balaban J connectivity index is 1.38. The summed E-state index contributed by atoms with van der Waals surface area (Å²) in [6.45, 7) is 1.44. The van der Waals surface area contributed by atoms with Crippen molar-refractivity contribution in [3.8, 4) is 0 Å². The second-order valence-corrected chi connectivity index (χ2v) is 9.18. The summed E-state index contributed by atoms with van der Waals surface area (Å²) < 4.78 is 32.6. The number of benzene rings is 2. The molecule has 1 saturated heterocycles. The van der Waals surface area contributed by atoms with E-state index in [9.17, 15) is 28.1 Å².